The van der Waals surface area contributed by atoms with Gasteiger partial charge >= 0.3 is 6.03 Å². The first-order valence-electron chi connectivity index (χ1n) is 7.02. The van der Waals surface area contributed by atoms with E-state index in [1.807, 2.05) is 35.2 Å². The van der Waals surface area contributed by atoms with Crippen molar-refractivity contribution in [1.29, 1.82) is 0 Å². The fourth-order valence-corrected chi connectivity index (χ4v) is 2.97. The van der Waals surface area contributed by atoms with E-state index in [1.54, 1.807) is 6.20 Å². The van der Waals surface area contributed by atoms with Crippen LogP contribution in [0.2, 0.25) is 0 Å². The van der Waals surface area contributed by atoms with E-state index in [1.165, 1.54) is 6.42 Å². The molecule has 1 saturated heterocycles. The number of nitrogens with one attached hydrogen (secondary N) is 1. The topological polar surface area (TPSA) is 32.3 Å². The second-order valence-electron chi connectivity index (χ2n) is 5.69. The molecule has 1 fully saturated rings. The second kappa shape index (κ2) is 6.93. The van der Waals surface area contributed by atoms with E-state index >= 15 is 0 Å². The molecule has 20 heavy (non-hydrogen) atoms. The van der Waals surface area contributed by atoms with E-state index < -0.39 is 0 Å². The number of benzene rings is 1. The van der Waals surface area contributed by atoms with Crippen LogP contribution in [-0.4, -0.2) is 24.0 Å². The van der Waals surface area contributed by atoms with E-state index in [9.17, 15) is 4.79 Å². The lowest BCUT2D eigenvalue weighted by Gasteiger charge is -2.34. The van der Waals surface area contributed by atoms with Gasteiger partial charge in [0.2, 0.25) is 0 Å². The van der Waals surface area contributed by atoms with Crippen LogP contribution in [0.25, 0.3) is 6.08 Å². The van der Waals surface area contributed by atoms with Gasteiger partial charge in [-0.05, 0) is 42.0 Å². The number of piperidine rings is 1. The molecule has 0 aliphatic carbocycles. The maximum atomic E-state index is 12.1. The normalized spacial score (nSPS) is 23.1. The van der Waals surface area contributed by atoms with Gasteiger partial charge in [0, 0.05) is 23.8 Å². The average Bonchev–Trinajstić information content (AvgIpc) is 2.40. The molecule has 2 amide bonds. The molecule has 0 bridgehead atoms. The third-order valence-electron chi connectivity index (χ3n) is 3.51. The predicted octanol–water partition coefficient (Wildman–Crippen LogP) is 4.11. The average molecular weight is 337 g/mol. The largest absolute Gasteiger partial charge is 0.324 e. The van der Waals surface area contributed by atoms with Crippen molar-refractivity contribution in [2.45, 2.75) is 20.3 Å². The summed E-state index contributed by atoms with van der Waals surface area (Å²) in [5, 5.41) is 2.85. The molecule has 0 saturated carbocycles. The summed E-state index contributed by atoms with van der Waals surface area (Å²) in [4.78, 5) is 14.0. The lowest BCUT2D eigenvalue weighted by molar-refractivity contribution is 0.149. The Morgan fingerprint density at radius 1 is 1.25 bits per heavy atom. The Bertz CT molecular complexity index is 474. The fraction of sp³-hybridized carbons (Fsp3) is 0.438. The molecule has 108 valence electrons. The molecule has 1 N–H and O–H groups in total. The van der Waals surface area contributed by atoms with Gasteiger partial charge in [0.15, 0.2) is 0 Å². The van der Waals surface area contributed by atoms with Crippen molar-refractivity contribution in [3.05, 3.63) is 40.5 Å². The molecule has 4 heteroatoms. The molecule has 1 heterocycles. The Morgan fingerprint density at radius 2 is 1.85 bits per heavy atom. The first kappa shape index (κ1) is 15.1. The van der Waals surface area contributed by atoms with Gasteiger partial charge in [-0.25, -0.2) is 4.79 Å². The smallest absolute Gasteiger partial charge is 0.321 e. The Kier molecular flexibility index (Phi) is 5.24. The van der Waals surface area contributed by atoms with Gasteiger partial charge in [-0.15, -0.1) is 0 Å². The summed E-state index contributed by atoms with van der Waals surface area (Å²) in [6.07, 6.45) is 4.83. The summed E-state index contributed by atoms with van der Waals surface area (Å²) in [5.74, 6) is 1.17. The number of carbonyl (C=O) groups excluding carboxylic acids is 1. The van der Waals surface area contributed by atoms with Gasteiger partial charge < -0.3 is 10.2 Å². The van der Waals surface area contributed by atoms with E-state index in [0.29, 0.717) is 11.8 Å². The number of nitrogens with zero attached hydrogens (tertiary/aromatic N) is 1. The van der Waals surface area contributed by atoms with Gasteiger partial charge in [-0.3, -0.25) is 0 Å². The molecular formula is C16H21BrN2O. The zero-order valence-electron chi connectivity index (χ0n) is 12.0. The van der Waals surface area contributed by atoms with Crippen molar-refractivity contribution in [1.82, 2.24) is 10.2 Å². The molecule has 1 aromatic carbocycles. The summed E-state index contributed by atoms with van der Waals surface area (Å²) < 4.78 is 1.05. The number of halogens is 1. The molecule has 1 aliphatic rings. The van der Waals surface area contributed by atoms with Crippen molar-refractivity contribution in [3.63, 3.8) is 0 Å². The van der Waals surface area contributed by atoms with Gasteiger partial charge in [0.25, 0.3) is 0 Å². The molecule has 1 aliphatic heterocycles. The molecule has 2 rings (SSSR count). The van der Waals surface area contributed by atoms with Crippen molar-refractivity contribution < 1.29 is 4.79 Å². The first-order valence-corrected chi connectivity index (χ1v) is 7.81. The monoisotopic (exact) mass is 336 g/mol. The highest BCUT2D eigenvalue weighted by molar-refractivity contribution is 9.10. The number of amides is 2. The van der Waals surface area contributed by atoms with Gasteiger partial charge in [0.05, 0.1) is 0 Å². The summed E-state index contributed by atoms with van der Waals surface area (Å²) >= 11 is 3.40. The van der Waals surface area contributed by atoms with Crippen LogP contribution in [0.15, 0.2) is 34.9 Å². The highest BCUT2D eigenvalue weighted by Gasteiger charge is 2.24. The number of hydrogen-bond donors (Lipinski definition) is 1. The minimum atomic E-state index is -0.00300. The summed E-state index contributed by atoms with van der Waals surface area (Å²) in [6, 6.07) is 7.96. The van der Waals surface area contributed by atoms with Crippen molar-refractivity contribution >= 4 is 28.0 Å². The van der Waals surface area contributed by atoms with Crippen molar-refractivity contribution in [2.24, 2.45) is 11.8 Å². The maximum absolute atomic E-state index is 12.1. The van der Waals surface area contributed by atoms with E-state index in [2.05, 4.69) is 35.1 Å². The molecule has 3 nitrogen and oxygen atoms in total. The minimum Gasteiger partial charge on any atom is -0.324 e. The number of likely N-dealkylation sites (tertiary alicyclic amines) is 1. The first-order chi connectivity index (χ1) is 9.54. The molecule has 2 unspecified atom stereocenters. The van der Waals surface area contributed by atoms with Crippen LogP contribution >= 0.6 is 15.9 Å². The third kappa shape index (κ3) is 4.37. The Morgan fingerprint density at radius 3 is 2.45 bits per heavy atom. The maximum Gasteiger partial charge on any atom is 0.321 e. The van der Waals surface area contributed by atoms with Crippen LogP contribution in [0.1, 0.15) is 25.8 Å². The van der Waals surface area contributed by atoms with Gasteiger partial charge in [-0.1, -0.05) is 41.9 Å². The predicted molar refractivity (Wildman–Crippen MR) is 86.2 cm³/mol. The fourth-order valence-electron chi connectivity index (χ4n) is 2.70. The molecule has 0 radical (unpaired) electrons. The van der Waals surface area contributed by atoms with Crippen molar-refractivity contribution in [3.8, 4) is 0 Å². The summed E-state index contributed by atoms with van der Waals surface area (Å²) in [5.41, 5.74) is 1.06. The zero-order chi connectivity index (χ0) is 14.5. The molecule has 1 aromatic rings. The number of rotatable bonds is 2. The third-order valence-corrected chi connectivity index (χ3v) is 4.04. The number of urea groups is 1. The Hall–Kier alpha value is -1.29. The number of hydrogen-bond acceptors (Lipinski definition) is 1. The second-order valence-corrected chi connectivity index (χ2v) is 6.60. The van der Waals surface area contributed by atoms with E-state index in [-0.39, 0.29) is 6.03 Å². The van der Waals surface area contributed by atoms with Crippen LogP contribution in [0.5, 0.6) is 0 Å². The van der Waals surface area contributed by atoms with Crippen LogP contribution in [0, 0.1) is 11.8 Å². The van der Waals surface area contributed by atoms with Crippen LogP contribution in [0.4, 0.5) is 4.79 Å². The SMILES string of the molecule is CC1CC(C)CN(C(=O)N/C=C/c2ccc(Br)cc2)C1. The number of carbonyl (C=O) groups is 1. The van der Waals surface area contributed by atoms with E-state index in [4.69, 9.17) is 0 Å². The van der Waals surface area contributed by atoms with Gasteiger partial charge in [0.1, 0.15) is 0 Å². The van der Waals surface area contributed by atoms with E-state index in [0.717, 1.165) is 23.1 Å². The molecule has 2 atom stereocenters. The summed E-state index contributed by atoms with van der Waals surface area (Å²) in [6.45, 7) is 6.10. The lowest BCUT2D eigenvalue weighted by Crippen LogP contribution is -2.46. The highest BCUT2D eigenvalue weighted by atomic mass is 79.9. The standard InChI is InChI=1S/C16H21BrN2O/c1-12-9-13(2)11-19(10-12)16(20)18-8-7-14-3-5-15(17)6-4-14/h3-8,12-13H,9-11H2,1-2H3,(H,18,20)/b8-7+. The van der Waals surface area contributed by atoms with Gasteiger partial charge in [-0.2, -0.15) is 0 Å². The molecular weight excluding hydrogens is 316 g/mol. The lowest BCUT2D eigenvalue weighted by atomic mass is 9.92. The van der Waals surface area contributed by atoms with Crippen LogP contribution < -0.4 is 5.32 Å². The molecule has 0 spiro atoms. The summed E-state index contributed by atoms with van der Waals surface area (Å²) in [7, 11) is 0. The highest BCUT2D eigenvalue weighted by Crippen LogP contribution is 2.20. The quantitative estimate of drug-likeness (QED) is 0.865. The van der Waals surface area contributed by atoms with Crippen LogP contribution in [-0.2, 0) is 0 Å². The Balaban J connectivity index is 1.86. The van der Waals surface area contributed by atoms with Crippen molar-refractivity contribution in [2.75, 3.05) is 13.1 Å². The zero-order valence-corrected chi connectivity index (χ0v) is 13.6. The Labute approximate surface area is 129 Å². The molecule has 0 aromatic heterocycles. The van der Waals surface area contributed by atoms with Crippen LogP contribution in [0.3, 0.4) is 0 Å². The minimum absolute atomic E-state index is 0.00300.